The lowest BCUT2D eigenvalue weighted by atomic mass is 10.2. The lowest BCUT2D eigenvalue weighted by Crippen LogP contribution is -1.89. The second kappa shape index (κ2) is 4.64. The topological polar surface area (TPSA) is 25.8 Å². The molecule has 2 rings (SSSR count). The number of aromatic nitrogens is 2. The van der Waals surface area contributed by atoms with Crippen LogP contribution in [0.4, 0.5) is 0 Å². The molecule has 0 saturated carbocycles. The molecule has 0 atom stereocenters. The number of fused-ring (bicyclic) bond motifs is 1. The quantitative estimate of drug-likeness (QED) is 0.602. The number of thioether (sulfide) groups is 1. The van der Waals surface area contributed by atoms with Gasteiger partial charge in [0.2, 0.25) is 0 Å². The average Bonchev–Trinajstić information content (AvgIpc) is 2.29. The Balaban J connectivity index is 2.56. The third-order valence-electron chi connectivity index (χ3n) is 1.95. The standard InChI is InChI=1S/C11H9ClN2S/c1-2-7-15-11-9-6-4-3-5-8(9)10(12)13-14-11/h2-6H,1,7H2. The van der Waals surface area contributed by atoms with Crippen LogP contribution in [0.1, 0.15) is 0 Å². The molecule has 0 amide bonds. The van der Waals surface area contributed by atoms with Crippen molar-refractivity contribution < 1.29 is 0 Å². The monoisotopic (exact) mass is 236 g/mol. The summed E-state index contributed by atoms with van der Waals surface area (Å²) in [6.07, 6.45) is 1.84. The van der Waals surface area contributed by atoms with Gasteiger partial charge in [0.15, 0.2) is 5.15 Å². The Kier molecular flexibility index (Phi) is 3.23. The number of rotatable bonds is 3. The van der Waals surface area contributed by atoms with Crippen LogP contribution in [-0.2, 0) is 0 Å². The number of halogens is 1. The zero-order chi connectivity index (χ0) is 10.7. The Morgan fingerprint density at radius 3 is 2.73 bits per heavy atom. The first-order chi connectivity index (χ1) is 7.33. The first-order valence-electron chi connectivity index (χ1n) is 4.47. The summed E-state index contributed by atoms with van der Waals surface area (Å²) in [5, 5.41) is 11.3. The van der Waals surface area contributed by atoms with Crippen molar-refractivity contribution in [3.63, 3.8) is 0 Å². The fourth-order valence-electron chi connectivity index (χ4n) is 1.29. The van der Waals surface area contributed by atoms with E-state index in [9.17, 15) is 0 Å². The van der Waals surface area contributed by atoms with Crippen LogP contribution in [0.5, 0.6) is 0 Å². The van der Waals surface area contributed by atoms with Gasteiger partial charge >= 0.3 is 0 Å². The molecule has 0 saturated heterocycles. The minimum Gasteiger partial charge on any atom is -0.142 e. The van der Waals surface area contributed by atoms with Gasteiger partial charge in [-0.25, -0.2) is 0 Å². The van der Waals surface area contributed by atoms with E-state index in [0.717, 1.165) is 21.6 Å². The van der Waals surface area contributed by atoms with Gasteiger partial charge in [-0.2, -0.15) is 0 Å². The van der Waals surface area contributed by atoms with E-state index in [0.29, 0.717) is 5.15 Å². The van der Waals surface area contributed by atoms with E-state index in [-0.39, 0.29) is 0 Å². The molecule has 0 radical (unpaired) electrons. The summed E-state index contributed by atoms with van der Waals surface area (Å²) < 4.78 is 0. The summed E-state index contributed by atoms with van der Waals surface area (Å²) in [4.78, 5) is 0. The second-order valence-corrected chi connectivity index (χ2v) is 4.31. The van der Waals surface area contributed by atoms with E-state index in [1.807, 2.05) is 30.3 Å². The summed E-state index contributed by atoms with van der Waals surface area (Å²) in [5.74, 6) is 0.820. The Labute approximate surface area is 97.4 Å². The maximum Gasteiger partial charge on any atom is 0.159 e. The van der Waals surface area contributed by atoms with E-state index in [2.05, 4.69) is 16.8 Å². The zero-order valence-electron chi connectivity index (χ0n) is 7.98. The predicted octanol–water partition coefficient (Wildman–Crippen LogP) is 3.56. The lowest BCUT2D eigenvalue weighted by Gasteiger charge is -2.03. The maximum atomic E-state index is 5.96. The van der Waals surface area contributed by atoms with Gasteiger partial charge in [0.25, 0.3) is 0 Å². The van der Waals surface area contributed by atoms with E-state index in [4.69, 9.17) is 11.6 Å². The molecule has 2 aromatic rings. The smallest absolute Gasteiger partial charge is 0.142 e. The fourth-order valence-corrected chi connectivity index (χ4v) is 2.20. The fraction of sp³-hybridized carbons (Fsp3) is 0.0909. The van der Waals surface area contributed by atoms with Crippen molar-refractivity contribution in [3.8, 4) is 0 Å². The minimum atomic E-state index is 0.452. The molecule has 1 heterocycles. The highest BCUT2D eigenvalue weighted by atomic mass is 35.5. The highest BCUT2D eigenvalue weighted by molar-refractivity contribution is 7.99. The molecule has 0 aliphatic carbocycles. The number of nitrogens with zero attached hydrogens (tertiary/aromatic N) is 2. The Bertz CT molecular complexity index is 499. The van der Waals surface area contributed by atoms with E-state index >= 15 is 0 Å². The molecule has 0 aliphatic rings. The molecule has 0 unspecified atom stereocenters. The first kappa shape index (κ1) is 10.5. The van der Waals surface area contributed by atoms with E-state index < -0.39 is 0 Å². The Morgan fingerprint density at radius 1 is 1.27 bits per heavy atom. The van der Waals surface area contributed by atoms with Gasteiger partial charge in [-0.3, -0.25) is 0 Å². The normalized spacial score (nSPS) is 10.5. The molecule has 15 heavy (non-hydrogen) atoms. The van der Waals surface area contributed by atoms with Crippen molar-refractivity contribution in [3.05, 3.63) is 42.1 Å². The van der Waals surface area contributed by atoms with Gasteiger partial charge in [0.1, 0.15) is 5.03 Å². The van der Waals surface area contributed by atoms with Crippen LogP contribution in [0.15, 0.2) is 41.9 Å². The predicted molar refractivity (Wildman–Crippen MR) is 65.5 cm³/mol. The Morgan fingerprint density at radius 2 is 2.00 bits per heavy atom. The summed E-state index contributed by atoms with van der Waals surface area (Å²) in [5.41, 5.74) is 0. The van der Waals surface area contributed by atoms with Crippen LogP contribution >= 0.6 is 23.4 Å². The number of hydrogen-bond donors (Lipinski definition) is 0. The summed E-state index contributed by atoms with van der Waals surface area (Å²) in [7, 11) is 0. The third kappa shape index (κ3) is 2.13. The van der Waals surface area contributed by atoms with Crippen LogP contribution in [-0.4, -0.2) is 16.0 Å². The lowest BCUT2D eigenvalue weighted by molar-refractivity contribution is 0.957. The molecular formula is C11H9ClN2S. The number of benzene rings is 1. The van der Waals surface area contributed by atoms with Gasteiger partial charge in [-0.15, -0.1) is 16.8 Å². The average molecular weight is 237 g/mol. The van der Waals surface area contributed by atoms with Crippen LogP contribution in [0, 0.1) is 0 Å². The highest BCUT2D eigenvalue weighted by Crippen LogP contribution is 2.28. The van der Waals surface area contributed by atoms with E-state index in [1.165, 1.54) is 0 Å². The maximum absolute atomic E-state index is 5.96. The summed E-state index contributed by atoms with van der Waals surface area (Å²) >= 11 is 7.57. The van der Waals surface area contributed by atoms with Crippen molar-refractivity contribution in [1.82, 2.24) is 10.2 Å². The van der Waals surface area contributed by atoms with Gasteiger partial charge in [-0.1, -0.05) is 53.7 Å². The van der Waals surface area contributed by atoms with Crippen molar-refractivity contribution >= 4 is 34.1 Å². The molecule has 0 bridgehead atoms. The van der Waals surface area contributed by atoms with Crippen molar-refractivity contribution in [1.29, 1.82) is 0 Å². The molecule has 0 fully saturated rings. The van der Waals surface area contributed by atoms with Gasteiger partial charge in [0, 0.05) is 16.5 Å². The molecule has 76 valence electrons. The minimum absolute atomic E-state index is 0.452. The largest absolute Gasteiger partial charge is 0.159 e. The number of hydrogen-bond acceptors (Lipinski definition) is 3. The SMILES string of the molecule is C=CCSc1nnc(Cl)c2ccccc12. The van der Waals surface area contributed by atoms with E-state index in [1.54, 1.807) is 11.8 Å². The molecule has 2 nitrogen and oxygen atoms in total. The summed E-state index contributed by atoms with van der Waals surface area (Å²) in [6.45, 7) is 3.68. The Hall–Kier alpha value is -1.06. The van der Waals surface area contributed by atoms with Crippen LogP contribution in [0.25, 0.3) is 10.8 Å². The van der Waals surface area contributed by atoms with Crippen LogP contribution in [0.2, 0.25) is 5.15 Å². The second-order valence-electron chi connectivity index (χ2n) is 2.94. The highest BCUT2D eigenvalue weighted by Gasteiger charge is 2.06. The molecule has 1 aromatic heterocycles. The van der Waals surface area contributed by atoms with Gasteiger partial charge < -0.3 is 0 Å². The molecular weight excluding hydrogens is 228 g/mol. The molecule has 0 aliphatic heterocycles. The van der Waals surface area contributed by atoms with Gasteiger partial charge in [0.05, 0.1) is 0 Å². The summed E-state index contributed by atoms with van der Waals surface area (Å²) in [6, 6.07) is 7.86. The molecule has 0 spiro atoms. The third-order valence-corrected chi connectivity index (χ3v) is 3.20. The van der Waals surface area contributed by atoms with Gasteiger partial charge in [-0.05, 0) is 0 Å². The zero-order valence-corrected chi connectivity index (χ0v) is 9.55. The molecule has 0 N–H and O–H groups in total. The van der Waals surface area contributed by atoms with Crippen molar-refractivity contribution in [2.24, 2.45) is 0 Å². The van der Waals surface area contributed by atoms with Crippen LogP contribution < -0.4 is 0 Å². The molecule has 4 heteroatoms. The van der Waals surface area contributed by atoms with Crippen molar-refractivity contribution in [2.75, 3.05) is 5.75 Å². The van der Waals surface area contributed by atoms with Crippen LogP contribution in [0.3, 0.4) is 0 Å². The van der Waals surface area contributed by atoms with Crippen molar-refractivity contribution in [2.45, 2.75) is 5.03 Å². The molecule has 1 aromatic carbocycles. The first-order valence-corrected chi connectivity index (χ1v) is 5.84.